The monoisotopic (exact) mass is 246 g/mol. The highest BCUT2D eigenvalue weighted by Gasteiger charge is 2.17. The standard InChI is InChI=1S/C13H11FN2S/c14-10-5-3-9(4-6-10)11-8-12(16-15-11)13-2-1-7-17-13/h1-8,11,15-16H. The molecule has 0 radical (unpaired) electrons. The molecule has 2 N–H and O–H groups in total. The van der Waals surface area contributed by atoms with Crippen LogP contribution in [-0.2, 0) is 0 Å². The first-order valence-corrected chi connectivity index (χ1v) is 6.23. The summed E-state index contributed by atoms with van der Waals surface area (Å²) in [5, 5.41) is 2.04. The number of hydrogen-bond acceptors (Lipinski definition) is 3. The maximum atomic E-state index is 12.8. The first-order chi connectivity index (χ1) is 8.33. The van der Waals surface area contributed by atoms with Crippen LogP contribution in [0.1, 0.15) is 16.5 Å². The van der Waals surface area contributed by atoms with E-state index < -0.39 is 0 Å². The van der Waals surface area contributed by atoms with Gasteiger partial charge < -0.3 is 5.43 Å². The molecule has 3 rings (SSSR count). The average Bonchev–Trinajstić information content (AvgIpc) is 3.00. The molecule has 0 bridgehead atoms. The molecule has 86 valence electrons. The first kappa shape index (κ1) is 10.5. The largest absolute Gasteiger partial charge is 0.319 e. The topological polar surface area (TPSA) is 24.1 Å². The Labute approximate surface area is 103 Å². The molecule has 17 heavy (non-hydrogen) atoms. The number of hydrazine groups is 1. The third-order valence-electron chi connectivity index (χ3n) is 2.71. The summed E-state index contributed by atoms with van der Waals surface area (Å²) < 4.78 is 12.8. The van der Waals surface area contributed by atoms with E-state index >= 15 is 0 Å². The van der Waals surface area contributed by atoms with Crippen LogP contribution in [0.3, 0.4) is 0 Å². The Balaban J connectivity index is 1.85. The van der Waals surface area contributed by atoms with E-state index in [0.29, 0.717) is 0 Å². The lowest BCUT2D eigenvalue weighted by atomic mass is 10.1. The van der Waals surface area contributed by atoms with Crippen molar-refractivity contribution in [2.24, 2.45) is 0 Å². The second-order valence-electron chi connectivity index (χ2n) is 3.86. The van der Waals surface area contributed by atoms with E-state index in [0.717, 1.165) is 11.3 Å². The van der Waals surface area contributed by atoms with Crippen LogP contribution in [0.2, 0.25) is 0 Å². The van der Waals surface area contributed by atoms with E-state index in [1.54, 1.807) is 23.5 Å². The van der Waals surface area contributed by atoms with Crippen molar-refractivity contribution in [3.8, 4) is 0 Å². The fourth-order valence-electron chi connectivity index (χ4n) is 1.83. The quantitative estimate of drug-likeness (QED) is 0.851. The van der Waals surface area contributed by atoms with E-state index in [1.165, 1.54) is 17.0 Å². The smallest absolute Gasteiger partial charge is 0.123 e. The van der Waals surface area contributed by atoms with Crippen LogP contribution < -0.4 is 10.9 Å². The van der Waals surface area contributed by atoms with Gasteiger partial charge in [0.1, 0.15) is 5.82 Å². The fraction of sp³-hybridized carbons (Fsp3) is 0.0769. The zero-order valence-corrected chi connectivity index (χ0v) is 9.80. The minimum atomic E-state index is -0.206. The molecule has 0 aliphatic carbocycles. The third-order valence-corrected chi connectivity index (χ3v) is 3.61. The Morgan fingerprint density at radius 2 is 1.94 bits per heavy atom. The van der Waals surface area contributed by atoms with Gasteiger partial charge in [-0.25, -0.2) is 9.82 Å². The number of benzene rings is 1. The fourth-order valence-corrected chi connectivity index (χ4v) is 2.54. The van der Waals surface area contributed by atoms with Gasteiger partial charge in [-0.1, -0.05) is 18.2 Å². The van der Waals surface area contributed by atoms with E-state index in [4.69, 9.17) is 0 Å². The molecule has 2 heterocycles. The summed E-state index contributed by atoms with van der Waals surface area (Å²) >= 11 is 1.69. The molecule has 1 aliphatic rings. The van der Waals surface area contributed by atoms with Crippen LogP contribution in [-0.4, -0.2) is 0 Å². The third kappa shape index (κ3) is 2.09. The zero-order chi connectivity index (χ0) is 11.7. The van der Waals surface area contributed by atoms with Crippen LogP contribution in [0.5, 0.6) is 0 Å². The number of thiophene rings is 1. The predicted octanol–water partition coefficient (Wildman–Crippen LogP) is 3.08. The minimum absolute atomic E-state index is 0.0905. The summed E-state index contributed by atoms with van der Waals surface area (Å²) in [5.41, 5.74) is 8.45. The lowest BCUT2D eigenvalue weighted by Crippen LogP contribution is -2.26. The highest BCUT2D eigenvalue weighted by Crippen LogP contribution is 2.26. The second kappa shape index (κ2) is 4.31. The molecule has 1 unspecified atom stereocenters. The van der Waals surface area contributed by atoms with Gasteiger partial charge in [0, 0.05) is 0 Å². The number of rotatable bonds is 2. The molecule has 0 spiro atoms. The van der Waals surface area contributed by atoms with E-state index in [9.17, 15) is 4.39 Å². The highest BCUT2D eigenvalue weighted by molar-refractivity contribution is 7.11. The number of halogens is 1. The molecule has 4 heteroatoms. The Hall–Kier alpha value is -1.65. The molecule has 1 aliphatic heterocycles. The van der Waals surface area contributed by atoms with Crippen LogP contribution in [0, 0.1) is 5.82 Å². The Kier molecular flexibility index (Phi) is 2.66. The molecular formula is C13H11FN2S. The molecular weight excluding hydrogens is 235 g/mol. The summed E-state index contributed by atoms with van der Waals surface area (Å²) in [4.78, 5) is 1.20. The van der Waals surface area contributed by atoms with E-state index in [-0.39, 0.29) is 11.9 Å². The molecule has 2 nitrogen and oxygen atoms in total. The van der Waals surface area contributed by atoms with Gasteiger partial charge in [-0.3, -0.25) is 0 Å². The summed E-state index contributed by atoms with van der Waals surface area (Å²) in [6.07, 6.45) is 2.11. The molecule has 1 atom stereocenters. The molecule has 0 fully saturated rings. The van der Waals surface area contributed by atoms with E-state index in [2.05, 4.69) is 23.0 Å². The highest BCUT2D eigenvalue weighted by atomic mass is 32.1. The Bertz CT molecular complexity index is 531. The normalized spacial score (nSPS) is 18.9. The summed E-state index contributed by atoms with van der Waals surface area (Å²) in [6, 6.07) is 10.7. The maximum absolute atomic E-state index is 12.8. The van der Waals surface area contributed by atoms with Gasteiger partial charge in [0.05, 0.1) is 16.6 Å². The van der Waals surface area contributed by atoms with Crippen LogP contribution in [0.25, 0.3) is 5.70 Å². The summed E-state index contributed by atoms with van der Waals surface area (Å²) in [7, 11) is 0. The van der Waals surface area contributed by atoms with Gasteiger partial charge in [0.25, 0.3) is 0 Å². The predicted molar refractivity (Wildman–Crippen MR) is 67.7 cm³/mol. The van der Waals surface area contributed by atoms with Crippen molar-refractivity contribution in [1.29, 1.82) is 0 Å². The lowest BCUT2D eigenvalue weighted by Gasteiger charge is -2.08. The van der Waals surface area contributed by atoms with Crippen molar-refractivity contribution in [1.82, 2.24) is 10.9 Å². The van der Waals surface area contributed by atoms with Crippen molar-refractivity contribution in [2.75, 3.05) is 0 Å². The molecule has 2 aromatic rings. The van der Waals surface area contributed by atoms with Gasteiger partial charge in [-0.15, -0.1) is 11.3 Å². The lowest BCUT2D eigenvalue weighted by molar-refractivity contribution is 0.607. The molecule has 1 aromatic heterocycles. The van der Waals surface area contributed by atoms with Crippen LogP contribution in [0.4, 0.5) is 4.39 Å². The van der Waals surface area contributed by atoms with Crippen LogP contribution >= 0.6 is 11.3 Å². The average molecular weight is 246 g/mol. The summed E-state index contributed by atoms with van der Waals surface area (Å²) in [6.45, 7) is 0. The van der Waals surface area contributed by atoms with Crippen molar-refractivity contribution < 1.29 is 4.39 Å². The van der Waals surface area contributed by atoms with E-state index in [1.807, 2.05) is 11.4 Å². The Morgan fingerprint density at radius 3 is 2.65 bits per heavy atom. The van der Waals surface area contributed by atoms with Gasteiger partial charge in [0.2, 0.25) is 0 Å². The van der Waals surface area contributed by atoms with Gasteiger partial charge in [-0.05, 0) is 35.2 Å². The second-order valence-corrected chi connectivity index (χ2v) is 4.80. The molecule has 0 saturated heterocycles. The molecule has 0 amide bonds. The zero-order valence-electron chi connectivity index (χ0n) is 8.98. The van der Waals surface area contributed by atoms with Gasteiger partial charge in [0.15, 0.2) is 0 Å². The van der Waals surface area contributed by atoms with Gasteiger partial charge in [-0.2, -0.15) is 0 Å². The maximum Gasteiger partial charge on any atom is 0.123 e. The number of nitrogens with one attached hydrogen (secondary N) is 2. The molecule has 0 saturated carbocycles. The van der Waals surface area contributed by atoms with Crippen molar-refractivity contribution >= 4 is 17.0 Å². The SMILES string of the molecule is Fc1ccc(C2C=C(c3cccs3)NN2)cc1. The minimum Gasteiger partial charge on any atom is -0.319 e. The molecule has 1 aromatic carbocycles. The van der Waals surface area contributed by atoms with Crippen molar-refractivity contribution in [3.63, 3.8) is 0 Å². The van der Waals surface area contributed by atoms with Crippen molar-refractivity contribution in [2.45, 2.75) is 6.04 Å². The first-order valence-electron chi connectivity index (χ1n) is 5.35. The van der Waals surface area contributed by atoms with Crippen LogP contribution in [0.15, 0.2) is 47.9 Å². The summed E-state index contributed by atoms with van der Waals surface area (Å²) in [5.74, 6) is -0.206. The van der Waals surface area contributed by atoms with Gasteiger partial charge >= 0.3 is 0 Å². The number of hydrogen-bond donors (Lipinski definition) is 2. The van der Waals surface area contributed by atoms with Crippen molar-refractivity contribution in [3.05, 3.63) is 64.1 Å². The Morgan fingerprint density at radius 1 is 1.12 bits per heavy atom.